The molecular formula is C27H22F3N3O2. The van der Waals surface area contributed by atoms with Gasteiger partial charge >= 0.3 is 6.18 Å². The molecule has 8 heteroatoms. The lowest BCUT2D eigenvalue weighted by molar-refractivity contribution is -0.137. The lowest BCUT2D eigenvalue weighted by atomic mass is 10.0. The number of nitrogens with one attached hydrogen (secondary N) is 2. The maximum atomic E-state index is 13.0. The highest BCUT2D eigenvalue weighted by atomic mass is 19.4. The molecular weight excluding hydrogens is 455 g/mol. The van der Waals surface area contributed by atoms with Gasteiger partial charge in [0.25, 0.3) is 5.91 Å². The average Bonchev–Trinajstić information content (AvgIpc) is 2.86. The Hall–Kier alpha value is -4.20. The van der Waals surface area contributed by atoms with Crippen molar-refractivity contribution < 1.29 is 22.8 Å². The van der Waals surface area contributed by atoms with Crippen LogP contribution in [0.5, 0.6) is 0 Å². The van der Waals surface area contributed by atoms with E-state index in [0.29, 0.717) is 23.2 Å². The van der Waals surface area contributed by atoms with E-state index in [9.17, 15) is 22.8 Å². The van der Waals surface area contributed by atoms with Crippen LogP contribution in [0.4, 0.5) is 18.9 Å². The van der Waals surface area contributed by atoms with Crippen LogP contribution in [-0.2, 0) is 11.0 Å². The minimum Gasteiger partial charge on any atom is -0.352 e. The number of nitrogens with zero attached hydrogens (tertiary/aromatic N) is 1. The number of amides is 2. The molecule has 0 spiro atoms. The lowest BCUT2D eigenvalue weighted by Crippen LogP contribution is -2.26. The number of aromatic nitrogens is 1. The van der Waals surface area contributed by atoms with E-state index < -0.39 is 11.7 Å². The summed E-state index contributed by atoms with van der Waals surface area (Å²) >= 11 is 0. The number of benzene rings is 3. The number of alkyl halides is 3. The van der Waals surface area contributed by atoms with Crippen molar-refractivity contribution in [2.45, 2.75) is 19.0 Å². The van der Waals surface area contributed by atoms with Crippen molar-refractivity contribution in [2.24, 2.45) is 0 Å². The van der Waals surface area contributed by atoms with Crippen molar-refractivity contribution in [1.29, 1.82) is 0 Å². The van der Waals surface area contributed by atoms with Gasteiger partial charge in [-0.05, 0) is 42.8 Å². The first kappa shape index (κ1) is 23.9. The summed E-state index contributed by atoms with van der Waals surface area (Å²) in [5, 5.41) is 6.13. The van der Waals surface area contributed by atoms with Crippen molar-refractivity contribution in [3.8, 4) is 11.3 Å². The van der Waals surface area contributed by atoms with Crippen LogP contribution in [0.25, 0.3) is 22.2 Å². The van der Waals surface area contributed by atoms with E-state index in [4.69, 9.17) is 0 Å². The molecule has 0 unspecified atom stereocenters. The van der Waals surface area contributed by atoms with Crippen LogP contribution in [-0.4, -0.2) is 23.3 Å². The zero-order valence-electron chi connectivity index (χ0n) is 18.6. The van der Waals surface area contributed by atoms with Crippen molar-refractivity contribution in [1.82, 2.24) is 10.3 Å². The second-order valence-corrected chi connectivity index (χ2v) is 7.92. The predicted octanol–water partition coefficient (Wildman–Crippen LogP) is 6.07. The molecule has 0 aliphatic rings. The molecule has 2 amide bonds. The van der Waals surface area contributed by atoms with Gasteiger partial charge in [-0.3, -0.25) is 9.59 Å². The van der Waals surface area contributed by atoms with E-state index in [-0.39, 0.29) is 30.5 Å². The molecule has 1 heterocycles. The van der Waals surface area contributed by atoms with Gasteiger partial charge in [0.05, 0.1) is 22.3 Å². The molecule has 5 nitrogen and oxygen atoms in total. The van der Waals surface area contributed by atoms with Gasteiger partial charge in [-0.25, -0.2) is 4.98 Å². The first-order chi connectivity index (χ1) is 16.8. The van der Waals surface area contributed by atoms with Crippen molar-refractivity contribution in [3.63, 3.8) is 0 Å². The highest BCUT2D eigenvalue weighted by Crippen LogP contribution is 2.30. The third-order valence-corrected chi connectivity index (χ3v) is 5.39. The Labute approximate surface area is 200 Å². The first-order valence-corrected chi connectivity index (χ1v) is 11.0. The van der Waals surface area contributed by atoms with Crippen LogP contribution < -0.4 is 10.6 Å². The Morgan fingerprint density at radius 3 is 2.26 bits per heavy atom. The summed E-state index contributed by atoms with van der Waals surface area (Å²) in [5.74, 6) is -0.622. The van der Waals surface area contributed by atoms with Gasteiger partial charge in [0, 0.05) is 29.6 Å². The summed E-state index contributed by atoms with van der Waals surface area (Å²) in [7, 11) is 0. The first-order valence-electron chi connectivity index (χ1n) is 11.0. The van der Waals surface area contributed by atoms with Crippen LogP contribution in [0.15, 0.2) is 84.9 Å². The van der Waals surface area contributed by atoms with Crippen LogP contribution in [0.2, 0.25) is 0 Å². The Bertz CT molecular complexity index is 1340. The third kappa shape index (κ3) is 6.03. The molecule has 0 fully saturated rings. The number of hydrogen-bond acceptors (Lipinski definition) is 3. The summed E-state index contributed by atoms with van der Waals surface area (Å²) in [6, 6.07) is 23.0. The number of pyridine rings is 1. The monoisotopic (exact) mass is 477 g/mol. The topological polar surface area (TPSA) is 71.1 Å². The van der Waals surface area contributed by atoms with Crippen molar-refractivity contribution in [2.75, 3.05) is 11.9 Å². The van der Waals surface area contributed by atoms with Gasteiger partial charge in [-0.1, -0.05) is 48.5 Å². The summed E-state index contributed by atoms with van der Waals surface area (Å²) in [6.45, 7) is 0.261. The Morgan fingerprint density at radius 2 is 1.54 bits per heavy atom. The summed E-state index contributed by atoms with van der Waals surface area (Å²) in [5.41, 5.74) is 2.28. The summed E-state index contributed by atoms with van der Waals surface area (Å²) < 4.78 is 37.9. The fourth-order valence-electron chi connectivity index (χ4n) is 3.63. The number of fused-ring (bicyclic) bond motifs is 1. The third-order valence-electron chi connectivity index (χ3n) is 5.39. The molecule has 0 bridgehead atoms. The molecule has 0 atom stereocenters. The Balaban J connectivity index is 1.36. The number of carbonyl (C=O) groups excluding carboxylic acids is 2. The normalized spacial score (nSPS) is 11.3. The lowest BCUT2D eigenvalue weighted by Gasteiger charge is -2.11. The van der Waals surface area contributed by atoms with Gasteiger partial charge in [-0.2, -0.15) is 13.2 Å². The van der Waals surface area contributed by atoms with Crippen LogP contribution in [0.1, 0.15) is 28.8 Å². The Morgan fingerprint density at radius 1 is 0.857 bits per heavy atom. The quantitative estimate of drug-likeness (QED) is 0.318. The molecule has 0 radical (unpaired) electrons. The molecule has 0 aliphatic carbocycles. The number of rotatable bonds is 7. The maximum absolute atomic E-state index is 13.0. The van der Waals surface area contributed by atoms with Gasteiger partial charge < -0.3 is 10.6 Å². The second kappa shape index (κ2) is 10.4. The smallest absolute Gasteiger partial charge is 0.352 e. The van der Waals surface area contributed by atoms with E-state index in [2.05, 4.69) is 15.6 Å². The second-order valence-electron chi connectivity index (χ2n) is 7.92. The van der Waals surface area contributed by atoms with E-state index in [1.54, 1.807) is 6.07 Å². The number of para-hydroxylation sites is 1. The maximum Gasteiger partial charge on any atom is 0.416 e. The van der Waals surface area contributed by atoms with Gasteiger partial charge in [0.1, 0.15) is 0 Å². The molecule has 0 saturated carbocycles. The summed E-state index contributed by atoms with van der Waals surface area (Å²) in [6.07, 6.45) is -3.96. The average molecular weight is 477 g/mol. The Kier molecular flexibility index (Phi) is 7.10. The highest BCUT2D eigenvalue weighted by molar-refractivity contribution is 6.07. The zero-order valence-corrected chi connectivity index (χ0v) is 18.6. The van der Waals surface area contributed by atoms with Crippen molar-refractivity contribution in [3.05, 3.63) is 96.1 Å². The number of carbonyl (C=O) groups is 2. The van der Waals surface area contributed by atoms with Crippen LogP contribution in [0.3, 0.4) is 0 Å². The summed E-state index contributed by atoms with van der Waals surface area (Å²) in [4.78, 5) is 29.8. The fourth-order valence-corrected chi connectivity index (χ4v) is 3.63. The molecule has 35 heavy (non-hydrogen) atoms. The van der Waals surface area contributed by atoms with Crippen LogP contribution in [0, 0.1) is 0 Å². The molecule has 0 aliphatic heterocycles. The van der Waals surface area contributed by atoms with E-state index in [1.165, 1.54) is 12.1 Å². The molecule has 4 aromatic rings. The number of hydrogen-bond donors (Lipinski definition) is 2. The van der Waals surface area contributed by atoms with E-state index in [0.717, 1.165) is 23.1 Å². The number of halogens is 3. The predicted molar refractivity (Wildman–Crippen MR) is 129 cm³/mol. The number of anilines is 1. The molecule has 2 N–H and O–H groups in total. The molecule has 4 rings (SSSR count). The standard InChI is InChI=1S/C27H22F3N3O2/c28-27(29,30)19-12-14-20(15-13-19)32-25(34)11-6-16-31-26(35)22-17-24(18-7-2-1-3-8-18)33-23-10-5-4-9-21(22)23/h1-5,7-10,12-15,17H,6,11,16H2,(H,31,35)(H,32,34). The molecule has 1 aromatic heterocycles. The van der Waals surface area contributed by atoms with E-state index >= 15 is 0 Å². The molecule has 0 saturated heterocycles. The fraction of sp³-hybridized carbons (Fsp3) is 0.148. The largest absolute Gasteiger partial charge is 0.416 e. The molecule has 178 valence electrons. The van der Waals surface area contributed by atoms with Crippen molar-refractivity contribution >= 4 is 28.4 Å². The van der Waals surface area contributed by atoms with E-state index in [1.807, 2.05) is 54.6 Å². The van der Waals surface area contributed by atoms with Gasteiger partial charge in [0.2, 0.25) is 5.91 Å². The minimum absolute atomic E-state index is 0.105. The minimum atomic E-state index is -4.43. The molecule has 3 aromatic carbocycles. The highest BCUT2D eigenvalue weighted by Gasteiger charge is 2.30. The van der Waals surface area contributed by atoms with Crippen LogP contribution >= 0.6 is 0 Å². The van der Waals surface area contributed by atoms with Gasteiger partial charge in [-0.15, -0.1) is 0 Å². The zero-order chi connectivity index (χ0) is 24.8. The SMILES string of the molecule is O=C(CCCNC(=O)c1cc(-c2ccccc2)nc2ccccc12)Nc1ccc(C(F)(F)F)cc1. The van der Waals surface area contributed by atoms with Gasteiger partial charge in [0.15, 0.2) is 0 Å².